The Morgan fingerprint density at radius 3 is 2.63 bits per heavy atom. The summed E-state index contributed by atoms with van der Waals surface area (Å²) < 4.78 is 0. The van der Waals surface area contributed by atoms with Gasteiger partial charge in [-0.25, -0.2) is 0 Å². The molecule has 0 aliphatic heterocycles. The summed E-state index contributed by atoms with van der Waals surface area (Å²) in [6.45, 7) is 5.20. The Labute approximate surface area is 115 Å². The van der Waals surface area contributed by atoms with Crippen LogP contribution in [0.1, 0.15) is 49.4 Å². The van der Waals surface area contributed by atoms with Crippen molar-refractivity contribution in [3.63, 3.8) is 0 Å². The summed E-state index contributed by atoms with van der Waals surface area (Å²) in [5.74, 6) is 0. The monoisotopic (exact) mass is 256 g/mol. The van der Waals surface area contributed by atoms with Gasteiger partial charge in [-0.1, -0.05) is 25.8 Å². The van der Waals surface area contributed by atoms with Gasteiger partial charge in [0.05, 0.1) is 0 Å². The minimum Gasteiger partial charge on any atom is -0.358 e. The van der Waals surface area contributed by atoms with E-state index in [9.17, 15) is 0 Å². The molecule has 1 aromatic carbocycles. The lowest BCUT2D eigenvalue weighted by Crippen LogP contribution is -2.32. The van der Waals surface area contributed by atoms with E-state index in [0.717, 1.165) is 13.0 Å². The van der Waals surface area contributed by atoms with Crippen molar-refractivity contribution < 1.29 is 0 Å². The van der Waals surface area contributed by atoms with Crippen molar-refractivity contribution in [2.24, 2.45) is 5.73 Å². The number of aromatic nitrogens is 1. The zero-order chi connectivity index (χ0) is 13.5. The minimum atomic E-state index is 0.217. The molecule has 3 N–H and O–H groups in total. The maximum absolute atomic E-state index is 6.18. The fourth-order valence-electron chi connectivity index (χ4n) is 3.89. The van der Waals surface area contributed by atoms with E-state index >= 15 is 0 Å². The Balaban J connectivity index is 2.23. The molecule has 0 saturated heterocycles. The van der Waals surface area contributed by atoms with Gasteiger partial charge in [0.15, 0.2) is 0 Å². The molecule has 1 fully saturated rings. The van der Waals surface area contributed by atoms with Gasteiger partial charge in [-0.2, -0.15) is 0 Å². The SMILES string of the molecule is CCc1ccc2[nH]c(C)c(C3(CN)CCCC3)c2c1. The summed E-state index contributed by atoms with van der Waals surface area (Å²) in [7, 11) is 0. The van der Waals surface area contributed by atoms with E-state index in [2.05, 4.69) is 37.0 Å². The van der Waals surface area contributed by atoms with E-state index in [1.54, 1.807) is 0 Å². The molecule has 2 heteroatoms. The van der Waals surface area contributed by atoms with Gasteiger partial charge in [-0.3, -0.25) is 0 Å². The van der Waals surface area contributed by atoms with Gasteiger partial charge >= 0.3 is 0 Å². The lowest BCUT2D eigenvalue weighted by atomic mass is 9.77. The second-order valence-corrected chi connectivity index (χ2v) is 6.05. The highest BCUT2D eigenvalue weighted by Crippen LogP contribution is 2.44. The number of fused-ring (bicyclic) bond motifs is 1. The summed E-state index contributed by atoms with van der Waals surface area (Å²) in [6, 6.07) is 6.82. The van der Waals surface area contributed by atoms with E-state index in [0.29, 0.717) is 0 Å². The highest BCUT2D eigenvalue weighted by atomic mass is 14.7. The van der Waals surface area contributed by atoms with Crippen LogP contribution in [0.4, 0.5) is 0 Å². The van der Waals surface area contributed by atoms with E-state index in [1.807, 2.05) is 0 Å². The summed E-state index contributed by atoms with van der Waals surface area (Å²) in [5.41, 5.74) is 11.9. The van der Waals surface area contributed by atoms with Crippen molar-refractivity contribution in [2.75, 3.05) is 6.54 Å². The van der Waals surface area contributed by atoms with Crippen LogP contribution in [0.25, 0.3) is 10.9 Å². The molecule has 0 spiro atoms. The average molecular weight is 256 g/mol. The lowest BCUT2D eigenvalue weighted by Gasteiger charge is -2.28. The molecule has 1 aliphatic carbocycles. The number of aryl methyl sites for hydroxylation is 2. The first-order valence-corrected chi connectivity index (χ1v) is 7.52. The quantitative estimate of drug-likeness (QED) is 0.861. The topological polar surface area (TPSA) is 41.8 Å². The van der Waals surface area contributed by atoms with E-state index in [4.69, 9.17) is 5.73 Å². The van der Waals surface area contributed by atoms with Gasteiger partial charge in [0.25, 0.3) is 0 Å². The number of nitrogens with two attached hydrogens (primary N) is 1. The van der Waals surface area contributed by atoms with Gasteiger partial charge in [-0.05, 0) is 49.4 Å². The molecule has 0 atom stereocenters. The van der Waals surface area contributed by atoms with E-state index in [1.165, 1.54) is 53.4 Å². The van der Waals surface area contributed by atoms with Gasteiger partial charge < -0.3 is 10.7 Å². The molecule has 0 bridgehead atoms. The lowest BCUT2D eigenvalue weighted by molar-refractivity contribution is 0.454. The van der Waals surface area contributed by atoms with Crippen molar-refractivity contribution in [3.8, 4) is 0 Å². The van der Waals surface area contributed by atoms with Crippen LogP contribution in [0.15, 0.2) is 18.2 Å². The minimum absolute atomic E-state index is 0.217. The van der Waals surface area contributed by atoms with E-state index < -0.39 is 0 Å². The Hall–Kier alpha value is -1.28. The molecule has 19 heavy (non-hydrogen) atoms. The predicted octanol–water partition coefficient (Wildman–Crippen LogP) is 3.81. The van der Waals surface area contributed by atoms with Crippen molar-refractivity contribution in [1.82, 2.24) is 4.98 Å². The number of aromatic amines is 1. The maximum atomic E-state index is 6.18. The van der Waals surface area contributed by atoms with Crippen LogP contribution in [-0.4, -0.2) is 11.5 Å². The molecule has 2 nitrogen and oxygen atoms in total. The van der Waals surface area contributed by atoms with Crippen molar-refractivity contribution in [2.45, 2.75) is 51.4 Å². The van der Waals surface area contributed by atoms with Crippen molar-refractivity contribution in [3.05, 3.63) is 35.0 Å². The van der Waals surface area contributed by atoms with Crippen molar-refractivity contribution in [1.29, 1.82) is 0 Å². The molecular formula is C17H24N2. The van der Waals surface area contributed by atoms with Crippen molar-refractivity contribution >= 4 is 10.9 Å². The molecule has 0 radical (unpaired) electrons. The Kier molecular flexibility index (Phi) is 3.14. The van der Waals surface area contributed by atoms with Gasteiger partial charge in [-0.15, -0.1) is 0 Å². The highest BCUT2D eigenvalue weighted by Gasteiger charge is 2.37. The number of hydrogen-bond acceptors (Lipinski definition) is 1. The number of nitrogens with one attached hydrogen (secondary N) is 1. The fourth-order valence-corrected chi connectivity index (χ4v) is 3.89. The summed E-state index contributed by atoms with van der Waals surface area (Å²) in [4.78, 5) is 3.56. The molecule has 3 rings (SSSR count). The van der Waals surface area contributed by atoms with Crippen LogP contribution in [0, 0.1) is 6.92 Å². The third kappa shape index (κ3) is 1.90. The maximum Gasteiger partial charge on any atom is 0.0459 e. The number of rotatable bonds is 3. The molecule has 102 valence electrons. The summed E-state index contributed by atoms with van der Waals surface area (Å²) in [6.07, 6.45) is 6.21. The van der Waals surface area contributed by atoms with Crippen LogP contribution >= 0.6 is 0 Å². The first kappa shape index (κ1) is 12.7. The molecule has 1 aliphatic rings. The zero-order valence-corrected chi connectivity index (χ0v) is 12.1. The molecule has 0 unspecified atom stereocenters. The van der Waals surface area contributed by atoms with Crippen LogP contribution in [0.5, 0.6) is 0 Å². The molecule has 2 aromatic rings. The first-order valence-electron chi connectivity index (χ1n) is 7.52. The van der Waals surface area contributed by atoms with Crippen LogP contribution in [-0.2, 0) is 11.8 Å². The first-order chi connectivity index (χ1) is 9.20. The van der Waals surface area contributed by atoms with Gasteiger partial charge in [0.2, 0.25) is 0 Å². The smallest absolute Gasteiger partial charge is 0.0459 e. The van der Waals surface area contributed by atoms with Crippen LogP contribution in [0.3, 0.4) is 0 Å². The normalized spacial score (nSPS) is 18.3. The van der Waals surface area contributed by atoms with E-state index in [-0.39, 0.29) is 5.41 Å². The molecular weight excluding hydrogens is 232 g/mol. The fraction of sp³-hybridized carbons (Fsp3) is 0.529. The third-order valence-electron chi connectivity index (χ3n) is 4.94. The largest absolute Gasteiger partial charge is 0.358 e. The molecule has 0 amide bonds. The molecule has 1 saturated carbocycles. The van der Waals surface area contributed by atoms with Gasteiger partial charge in [0, 0.05) is 28.6 Å². The second kappa shape index (κ2) is 4.68. The Morgan fingerprint density at radius 2 is 2.00 bits per heavy atom. The molecule has 1 heterocycles. The number of benzene rings is 1. The Morgan fingerprint density at radius 1 is 1.26 bits per heavy atom. The third-order valence-corrected chi connectivity index (χ3v) is 4.94. The van der Waals surface area contributed by atoms with Crippen LogP contribution in [0.2, 0.25) is 0 Å². The standard InChI is InChI=1S/C17H24N2/c1-3-13-6-7-15-14(10-13)16(12(2)19-15)17(11-18)8-4-5-9-17/h6-7,10,19H,3-5,8-9,11,18H2,1-2H3. The highest BCUT2D eigenvalue weighted by molar-refractivity contribution is 5.86. The number of hydrogen-bond donors (Lipinski definition) is 2. The summed E-state index contributed by atoms with van der Waals surface area (Å²) >= 11 is 0. The zero-order valence-electron chi connectivity index (χ0n) is 12.1. The predicted molar refractivity (Wildman–Crippen MR) is 81.6 cm³/mol. The van der Waals surface area contributed by atoms with Crippen LogP contribution < -0.4 is 5.73 Å². The van der Waals surface area contributed by atoms with Gasteiger partial charge in [0.1, 0.15) is 0 Å². The second-order valence-electron chi connectivity index (χ2n) is 6.05. The number of H-pyrrole nitrogens is 1. The average Bonchev–Trinajstić information content (AvgIpc) is 3.01. The molecule has 1 aromatic heterocycles. The Bertz CT molecular complexity index is 589. The summed E-state index contributed by atoms with van der Waals surface area (Å²) in [5, 5.41) is 1.41.